The number of thiazole rings is 1. The second-order valence-electron chi connectivity index (χ2n) is 6.58. The molecule has 4 aromatic rings. The van der Waals surface area contributed by atoms with Gasteiger partial charge in [0.1, 0.15) is 4.21 Å². The van der Waals surface area contributed by atoms with E-state index in [0.29, 0.717) is 0 Å². The number of nitro benzene ring substituents is 1. The molecular formula is C21H15N3O5S3. The zero-order chi connectivity index (χ0) is 22.7. The summed E-state index contributed by atoms with van der Waals surface area (Å²) in [6.07, 6.45) is 1.16. The first-order valence-corrected chi connectivity index (χ1v) is 12.5. The Hall–Kier alpha value is -3.28. The lowest BCUT2D eigenvalue weighted by molar-refractivity contribution is -0.384. The molecule has 1 amide bonds. The number of rotatable bonds is 7. The zero-order valence-corrected chi connectivity index (χ0v) is 18.7. The molecule has 0 unspecified atom stereocenters. The molecule has 0 fully saturated rings. The Bertz CT molecular complexity index is 1420. The standard InChI is InChI=1S/C21H15N3O5S3/c25-19(13-30-17-8-5-14-3-1-2-4-15(14)11-17)23-21-22-12-20(31-21)32(28,29)18-9-6-16(7-10-18)24(26)27/h1-12H,13H2,(H,22,23,25). The summed E-state index contributed by atoms with van der Waals surface area (Å²) in [5, 5.41) is 15.7. The van der Waals surface area contributed by atoms with Crippen LogP contribution in [0.15, 0.2) is 86.9 Å². The number of thioether (sulfide) groups is 1. The van der Waals surface area contributed by atoms with Crippen LogP contribution in [0.5, 0.6) is 0 Å². The molecule has 0 radical (unpaired) electrons. The minimum absolute atomic E-state index is 0.0659. The van der Waals surface area contributed by atoms with Gasteiger partial charge in [-0.2, -0.15) is 0 Å². The SMILES string of the molecule is O=C(CSc1ccc2ccccc2c1)Nc1ncc(S(=O)(=O)c2ccc([N+](=O)[O-])cc2)s1. The topological polar surface area (TPSA) is 119 Å². The normalized spacial score (nSPS) is 11.4. The maximum absolute atomic E-state index is 12.7. The third-order valence-corrected chi connectivity index (χ3v) is 8.58. The molecule has 0 aliphatic rings. The fraction of sp³-hybridized carbons (Fsp3) is 0.0476. The Kier molecular flexibility index (Phi) is 6.21. The molecule has 3 aromatic carbocycles. The van der Waals surface area contributed by atoms with Crippen molar-refractivity contribution in [2.24, 2.45) is 0 Å². The van der Waals surface area contributed by atoms with Gasteiger partial charge in [-0.05, 0) is 35.0 Å². The second kappa shape index (κ2) is 9.07. The molecule has 0 aliphatic heterocycles. The van der Waals surface area contributed by atoms with E-state index < -0.39 is 14.8 Å². The Morgan fingerprint density at radius 3 is 2.50 bits per heavy atom. The average molecular weight is 486 g/mol. The van der Waals surface area contributed by atoms with Crippen molar-refractivity contribution in [1.29, 1.82) is 0 Å². The number of carbonyl (C=O) groups is 1. The minimum atomic E-state index is -3.90. The van der Waals surface area contributed by atoms with Gasteiger partial charge in [0.25, 0.3) is 5.69 Å². The number of carbonyl (C=O) groups excluding carboxylic acids is 1. The van der Waals surface area contributed by atoms with Crippen molar-refractivity contribution in [2.45, 2.75) is 14.0 Å². The first-order chi connectivity index (χ1) is 15.3. The molecule has 0 spiro atoms. The van der Waals surface area contributed by atoms with Gasteiger partial charge in [-0.1, -0.05) is 41.7 Å². The van der Waals surface area contributed by atoms with Crippen LogP contribution in [-0.4, -0.2) is 30.0 Å². The number of anilines is 1. The number of hydrogen-bond donors (Lipinski definition) is 1. The van der Waals surface area contributed by atoms with E-state index in [4.69, 9.17) is 0 Å². The number of benzene rings is 3. The number of non-ortho nitro benzene ring substituents is 1. The maximum atomic E-state index is 12.7. The van der Waals surface area contributed by atoms with E-state index in [2.05, 4.69) is 10.3 Å². The van der Waals surface area contributed by atoms with Gasteiger partial charge in [0.05, 0.1) is 21.8 Å². The fourth-order valence-electron chi connectivity index (χ4n) is 2.87. The highest BCUT2D eigenvalue weighted by atomic mass is 32.2. The minimum Gasteiger partial charge on any atom is -0.301 e. The number of nitro groups is 1. The van der Waals surface area contributed by atoms with Crippen molar-refractivity contribution in [3.8, 4) is 0 Å². The summed E-state index contributed by atoms with van der Waals surface area (Å²) in [4.78, 5) is 27.3. The first-order valence-electron chi connectivity index (χ1n) is 9.20. The van der Waals surface area contributed by atoms with Gasteiger partial charge in [0.2, 0.25) is 15.7 Å². The molecule has 1 N–H and O–H groups in total. The number of fused-ring (bicyclic) bond motifs is 1. The molecule has 11 heteroatoms. The average Bonchev–Trinajstić information content (AvgIpc) is 3.27. The van der Waals surface area contributed by atoms with Crippen LogP contribution in [0, 0.1) is 10.1 Å². The van der Waals surface area contributed by atoms with E-state index in [1.807, 2.05) is 42.5 Å². The smallest absolute Gasteiger partial charge is 0.269 e. The fourth-order valence-corrected chi connectivity index (χ4v) is 6.06. The summed E-state index contributed by atoms with van der Waals surface area (Å²) in [7, 11) is -3.90. The predicted molar refractivity (Wildman–Crippen MR) is 124 cm³/mol. The number of aromatic nitrogens is 1. The molecule has 8 nitrogen and oxygen atoms in total. The number of sulfone groups is 1. The highest BCUT2D eigenvalue weighted by Gasteiger charge is 2.22. The van der Waals surface area contributed by atoms with Crippen LogP contribution in [0.1, 0.15) is 0 Å². The van der Waals surface area contributed by atoms with E-state index in [0.717, 1.165) is 45.3 Å². The van der Waals surface area contributed by atoms with Crippen molar-refractivity contribution in [1.82, 2.24) is 4.98 Å². The largest absolute Gasteiger partial charge is 0.301 e. The van der Waals surface area contributed by atoms with E-state index in [9.17, 15) is 23.3 Å². The number of nitrogens with zero attached hydrogens (tertiary/aromatic N) is 2. The second-order valence-corrected chi connectivity index (χ2v) is 10.8. The first kappa shape index (κ1) is 21.9. The lowest BCUT2D eigenvalue weighted by Crippen LogP contribution is -2.13. The Labute approximate surface area is 191 Å². The van der Waals surface area contributed by atoms with Crippen LogP contribution >= 0.6 is 23.1 Å². The van der Waals surface area contributed by atoms with Crippen LogP contribution in [0.4, 0.5) is 10.8 Å². The molecule has 162 valence electrons. The van der Waals surface area contributed by atoms with E-state index in [-0.39, 0.29) is 31.6 Å². The summed E-state index contributed by atoms with van der Waals surface area (Å²) in [5.41, 5.74) is -0.204. The number of amides is 1. The molecule has 0 saturated carbocycles. The zero-order valence-electron chi connectivity index (χ0n) is 16.3. The molecule has 1 heterocycles. The van der Waals surface area contributed by atoms with Crippen molar-refractivity contribution >= 4 is 60.4 Å². The van der Waals surface area contributed by atoms with Crippen LogP contribution in [0.25, 0.3) is 10.8 Å². The van der Waals surface area contributed by atoms with Crippen LogP contribution in [0.3, 0.4) is 0 Å². The summed E-state index contributed by atoms with van der Waals surface area (Å²) in [5.74, 6) is -0.167. The van der Waals surface area contributed by atoms with Crippen LogP contribution in [-0.2, 0) is 14.6 Å². The summed E-state index contributed by atoms with van der Waals surface area (Å²) in [6, 6.07) is 18.5. The van der Waals surface area contributed by atoms with E-state index in [1.165, 1.54) is 23.9 Å². The third kappa shape index (κ3) is 4.79. The number of nitrogens with one attached hydrogen (secondary N) is 1. The predicted octanol–water partition coefficient (Wildman–Crippen LogP) is 4.77. The third-order valence-electron chi connectivity index (χ3n) is 4.44. The lowest BCUT2D eigenvalue weighted by atomic mass is 10.1. The monoisotopic (exact) mass is 485 g/mol. The molecule has 0 saturated heterocycles. The van der Waals surface area contributed by atoms with Gasteiger partial charge in [-0.25, -0.2) is 13.4 Å². The molecule has 0 atom stereocenters. The van der Waals surface area contributed by atoms with E-state index in [1.54, 1.807) is 0 Å². The van der Waals surface area contributed by atoms with Gasteiger partial charge in [0, 0.05) is 17.0 Å². The Morgan fingerprint density at radius 1 is 1.06 bits per heavy atom. The summed E-state index contributed by atoms with van der Waals surface area (Å²) in [6.45, 7) is 0. The van der Waals surface area contributed by atoms with Crippen LogP contribution < -0.4 is 5.32 Å². The van der Waals surface area contributed by atoms with Gasteiger partial charge in [-0.15, -0.1) is 11.8 Å². The van der Waals surface area contributed by atoms with Gasteiger partial charge in [0.15, 0.2) is 5.13 Å². The number of hydrogen-bond acceptors (Lipinski definition) is 8. The van der Waals surface area contributed by atoms with Gasteiger partial charge >= 0.3 is 0 Å². The van der Waals surface area contributed by atoms with Crippen molar-refractivity contribution in [3.63, 3.8) is 0 Å². The maximum Gasteiger partial charge on any atom is 0.269 e. The van der Waals surface area contributed by atoms with Crippen LogP contribution in [0.2, 0.25) is 0 Å². The quantitative estimate of drug-likeness (QED) is 0.227. The Balaban J connectivity index is 1.40. The Morgan fingerprint density at radius 2 is 1.78 bits per heavy atom. The van der Waals surface area contributed by atoms with Crippen molar-refractivity contribution in [2.75, 3.05) is 11.1 Å². The molecular weight excluding hydrogens is 470 g/mol. The molecule has 0 bridgehead atoms. The summed E-state index contributed by atoms with van der Waals surface area (Å²) < 4.78 is 25.4. The van der Waals surface area contributed by atoms with Crippen molar-refractivity contribution < 1.29 is 18.1 Å². The lowest BCUT2D eigenvalue weighted by Gasteiger charge is -2.04. The van der Waals surface area contributed by atoms with Crippen molar-refractivity contribution in [3.05, 3.63) is 83.0 Å². The molecule has 32 heavy (non-hydrogen) atoms. The highest BCUT2D eigenvalue weighted by molar-refractivity contribution is 8.00. The molecule has 4 rings (SSSR count). The van der Waals surface area contributed by atoms with E-state index >= 15 is 0 Å². The van der Waals surface area contributed by atoms with Gasteiger partial charge < -0.3 is 5.32 Å². The summed E-state index contributed by atoms with van der Waals surface area (Å²) >= 11 is 2.19. The highest BCUT2D eigenvalue weighted by Crippen LogP contribution is 2.30. The molecule has 0 aliphatic carbocycles. The molecule has 1 aromatic heterocycles. The van der Waals surface area contributed by atoms with Gasteiger partial charge in [-0.3, -0.25) is 14.9 Å².